The Morgan fingerprint density at radius 3 is 3.07 bits per heavy atom. The fraction of sp³-hybridized carbons (Fsp3) is 0.727. The van der Waals surface area contributed by atoms with Crippen LogP contribution in [0.3, 0.4) is 0 Å². The summed E-state index contributed by atoms with van der Waals surface area (Å²) in [5.41, 5.74) is 6.87. The van der Waals surface area contributed by atoms with Gasteiger partial charge in [-0.15, -0.1) is 0 Å². The fourth-order valence-electron chi connectivity index (χ4n) is 2.43. The molecule has 2 N–H and O–H groups in total. The van der Waals surface area contributed by atoms with Crippen molar-refractivity contribution in [3.8, 4) is 0 Å². The molecule has 1 aromatic heterocycles. The Hall–Kier alpha value is -0.870. The van der Waals surface area contributed by atoms with Crippen molar-refractivity contribution in [2.24, 2.45) is 11.7 Å². The Morgan fingerprint density at radius 2 is 2.40 bits per heavy atom. The lowest BCUT2D eigenvalue weighted by molar-refractivity contribution is 0.210. The van der Waals surface area contributed by atoms with Crippen molar-refractivity contribution < 1.29 is 4.52 Å². The number of rotatable bonds is 3. The second kappa shape index (κ2) is 4.33. The normalized spacial score (nSPS) is 25.6. The van der Waals surface area contributed by atoms with E-state index in [1.54, 1.807) is 0 Å². The first-order chi connectivity index (χ1) is 7.22. The van der Waals surface area contributed by atoms with Gasteiger partial charge >= 0.3 is 0 Å². The average Bonchev–Trinajstić information content (AvgIpc) is 2.64. The van der Waals surface area contributed by atoms with Gasteiger partial charge in [-0.3, -0.25) is 0 Å². The zero-order chi connectivity index (χ0) is 10.8. The third-order valence-electron chi connectivity index (χ3n) is 3.26. The molecule has 2 unspecified atom stereocenters. The summed E-state index contributed by atoms with van der Waals surface area (Å²) in [6.07, 6.45) is 5.10. The fourth-order valence-corrected chi connectivity index (χ4v) is 2.43. The molecular formula is C11H19N3O. The molecule has 2 atom stereocenters. The molecule has 1 aliphatic rings. The molecule has 0 saturated carbocycles. The van der Waals surface area contributed by atoms with Crippen LogP contribution in [-0.4, -0.2) is 30.7 Å². The lowest BCUT2D eigenvalue weighted by atomic mass is 9.82. The minimum atomic E-state index is 0.441. The van der Waals surface area contributed by atoms with Gasteiger partial charge in [-0.25, -0.2) is 0 Å². The molecule has 84 valence electrons. The van der Waals surface area contributed by atoms with Crippen LogP contribution in [0.5, 0.6) is 0 Å². The van der Waals surface area contributed by atoms with E-state index in [-0.39, 0.29) is 0 Å². The van der Waals surface area contributed by atoms with Crippen LogP contribution >= 0.6 is 0 Å². The molecule has 1 heterocycles. The molecule has 0 aliphatic heterocycles. The van der Waals surface area contributed by atoms with Crippen molar-refractivity contribution >= 4 is 0 Å². The van der Waals surface area contributed by atoms with Gasteiger partial charge in [-0.05, 0) is 39.4 Å². The number of hydrogen-bond donors (Lipinski definition) is 1. The number of fused-ring (bicyclic) bond motifs is 1. The molecule has 0 aromatic carbocycles. The second-order valence-corrected chi connectivity index (χ2v) is 4.57. The molecule has 0 amide bonds. The van der Waals surface area contributed by atoms with Gasteiger partial charge in [0, 0.05) is 18.0 Å². The summed E-state index contributed by atoms with van der Waals surface area (Å²) >= 11 is 0. The smallest absolute Gasteiger partial charge is 0.141 e. The summed E-state index contributed by atoms with van der Waals surface area (Å²) in [5.74, 6) is 1.70. The van der Waals surface area contributed by atoms with E-state index in [1.807, 2.05) is 6.20 Å². The van der Waals surface area contributed by atoms with Gasteiger partial charge < -0.3 is 15.2 Å². The molecule has 1 aromatic rings. The van der Waals surface area contributed by atoms with Crippen LogP contribution in [-0.2, 0) is 6.42 Å². The lowest BCUT2D eigenvalue weighted by Gasteiger charge is -2.31. The maximum absolute atomic E-state index is 5.62. The number of nitrogens with two attached hydrogens (primary N) is 1. The van der Waals surface area contributed by atoms with Gasteiger partial charge in [0.25, 0.3) is 0 Å². The van der Waals surface area contributed by atoms with E-state index in [0.717, 1.165) is 25.1 Å². The van der Waals surface area contributed by atoms with E-state index in [9.17, 15) is 0 Å². The highest BCUT2D eigenvalue weighted by Gasteiger charge is 2.30. The van der Waals surface area contributed by atoms with Gasteiger partial charge in [-0.2, -0.15) is 0 Å². The highest BCUT2D eigenvalue weighted by Crippen LogP contribution is 2.36. The van der Waals surface area contributed by atoms with Crippen LogP contribution < -0.4 is 5.73 Å². The Kier molecular flexibility index (Phi) is 3.07. The maximum Gasteiger partial charge on any atom is 0.141 e. The molecule has 0 fully saturated rings. The monoisotopic (exact) mass is 209 g/mol. The Morgan fingerprint density at radius 1 is 1.60 bits per heavy atom. The summed E-state index contributed by atoms with van der Waals surface area (Å²) in [4.78, 5) is 2.23. The quantitative estimate of drug-likeness (QED) is 0.812. The van der Waals surface area contributed by atoms with E-state index in [2.05, 4.69) is 24.2 Å². The van der Waals surface area contributed by atoms with Gasteiger partial charge in [0.05, 0.1) is 6.20 Å². The van der Waals surface area contributed by atoms with Crippen molar-refractivity contribution in [1.82, 2.24) is 10.1 Å². The summed E-state index contributed by atoms with van der Waals surface area (Å²) in [7, 11) is 4.21. The minimum absolute atomic E-state index is 0.441. The van der Waals surface area contributed by atoms with Crippen LogP contribution in [0, 0.1) is 5.92 Å². The topological polar surface area (TPSA) is 55.3 Å². The predicted molar refractivity (Wildman–Crippen MR) is 58.4 cm³/mol. The third kappa shape index (κ3) is 2.06. The largest absolute Gasteiger partial charge is 0.361 e. The predicted octanol–water partition coefficient (Wildman–Crippen LogP) is 1.19. The highest BCUT2D eigenvalue weighted by atomic mass is 16.5. The second-order valence-electron chi connectivity index (χ2n) is 4.57. The first kappa shape index (κ1) is 10.6. The highest BCUT2D eigenvalue weighted by molar-refractivity contribution is 5.22. The van der Waals surface area contributed by atoms with E-state index >= 15 is 0 Å². The molecule has 0 saturated heterocycles. The maximum atomic E-state index is 5.62. The summed E-state index contributed by atoms with van der Waals surface area (Å²) in [6, 6.07) is 0.441. The molecule has 4 heteroatoms. The zero-order valence-electron chi connectivity index (χ0n) is 9.44. The van der Waals surface area contributed by atoms with Crippen LogP contribution in [0.4, 0.5) is 0 Å². The molecule has 2 rings (SSSR count). The average molecular weight is 209 g/mol. The summed E-state index contributed by atoms with van der Waals surface area (Å²) < 4.78 is 5.30. The molecule has 15 heavy (non-hydrogen) atoms. The van der Waals surface area contributed by atoms with Crippen LogP contribution in [0.25, 0.3) is 0 Å². The Labute approximate surface area is 90.4 Å². The zero-order valence-corrected chi connectivity index (χ0v) is 9.44. The molecule has 0 spiro atoms. The number of nitrogens with zero attached hydrogens (tertiary/aromatic N) is 2. The van der Waals surface area contributed by atoms with Crippen LogP contribution in [0.1, 0.15) is 30.2 Å². The van der Waals surface area contributed by atoms with E-state index in [4.69, 9.17) is 10.3 Å². The van der Waals surface area contributed by atoms with Crippen molar-refractivity contribution in [2.45, 2.75) is 25.3 Å². The van der Waals surface area contributed by atoms with E-state index < -0.39 is 0 Å². The van der Waals surface area contributed by atoms with Crippen molar-refractivity contribution in [2.75, 3.05) is 20.6 Å². The van der Waals surface area contributed by atoms with E-state index in [1.165, 1.54) is 12.0 Å². The Balaban J connectivity index is 2.19. The Bertz CT molecular complexity index is 321. The van der Waals surface area contributed by atoms with Gasteiger partial charge in [0.2, 0.25) is 0 Å². The molecule has 4 nitrogen and oxygen atoms in total. The van der Waals surface area contributed by atoms with Gasteiger partial charge in [0.15, 0.2) is 0 Å². The minimum Gasteiger partial charge on any atom is -0.361 e. The molecule has 0 bridgehead atoms. The third-order valence-corrected chi connectivity index (χ3v) is 3.26. The summed E-state index contributed by atoms with van der Waals surface area (Å²) in [6.45, 7) is 0.758. The number of hydrogen-bond acceptors (Lipinski definition) is 4. The first-order valence-corrected chi connectivity index (χ1v) is 5.52. The van der Waals surface area contributed by atoms with E-state index in [0.29, 0.717) is 12.0 Å². The summed E-state index contributed by atoms with van der Waals surface area (Å²) in [5, 5.41) is 3.90. The van der Waals surface area contributed by atoms with Crippen LogP contribution in [0.15, 0.2) is 10.7 Å². The van der Waals surface area contributed by atoms with Crippen molar-refractivity contribution in [1.29, 1.82) is 0 Å². The van der Waals surface area contributed by atoms with Crippen molar-refractivity contribution in [3.63, 3.8) is 0 Å². The lowest BCUT2D eigenvalue weighted by Crippen LogP contribution is -2.28. The SMILES string of the molecule is CN(C)C1CC(CCN)Cc2oncc21. The van der Waals surface area contributed by atoms with Gasteiger partial charge in [0.1, 0.15) is 5.76 Å². The molecular weight excluding hydrogens is 190 g/mol. The standard InChI is InChI=1S/C11H19N3O/c1-14(2)10-5-8(3-4-12)6-11-9(10)7-13-15-11/h7-8,10H,3-6,12H2,1-2H3. The van der Waals surface area contributed by atoms with Crippen molar-refractivity contribution in [3.05, 3.63) is 17.5 Å². The first-order valence-electron chi connectivity index (χ1n) is 5.52. The molecule has 0 radical (unpaired) electrons. The van der Waals surface area contributed by atoms with Gasteiger partial charge in [-0.1, -0.05) is 5.16 Å². The van der Waals surface area contributed by atoms with Crippen LogP contribution in [0.2, 0.25) is 0 Å². The molecule has 1 aliphatic carbocycles. The number of aromatic nitrogens is 1.